The molecule has 0 spiro atoms. The largest absolute Gasteiger partial charge is 0.507 e. The highest BCUT2D eigenvalue weighted by Crippen LogP contribution is 2.43. The van der Waals surface area contributed by atoms with E-state index in [0.29, 0.717) is 30.2 Å². The molecule has 3 heterocycles. The van der Waals surface area contributed by atoms with Gasteiger partial charge >= 0.3 is 0 Å². The molecule has 0 radical (unpaired) electrons. The summed E-state index contributed by atoms with van der Waals surface area (Å²) in [5, 5.41) is 21.4. The van der Waals surface area contributed by atoms with Crippen molar-refractivity contribution in [1.29, 1.82) is 0 Å². The van der Waals surface area contributed by atoms with Crippen molar-refractivity contribution >= 4 is 16.9 Å². The Kier molecular flexibility index (Phi) is 5.84. The lowest BCUT2D eigenvalue weighted by Crippen LogP contribution is -2.36. The normalized spacial score (nSPS) is 14.9. The predicted molar refractivity (Wildman–Crippen MR) is 127 cm³/mol. The molecule has 34 heavy (non-hydrogen) atoms. The number of hydrogen-bond donors (Lipinski definition) is 2. The predicted octanol–water partition coefficient (Wildman–Crippen LogP) is 5.00. The number of carbonyl (C=O) groups is 1. The van der Waals surface area contributed by atoms with Gasteiger partial charge in [0.25, 0.3) is 0 Å². The molecule has 0 unspecified atom stereocenters. The topological polar surface area (TPSA) is 104 Å². The van der Waals surface area contributed by atoms with Gasteiger partial charge in [0.2, 0.25) is 5.91 Å². The van der Waals surface area contributed by atoms with Crippen LogP contribution < -0.4 is 5.43 Å². The Hall–Kier alpha value is -4.00. The number of furan rings is 1. The minimum absolute atomic E-state index is 0.0280. The Morgan fingerprint density at radius 3 is 2.44 bits per heavy atom. The van der Waals surface area contributed by atoms with Gasteiger partial charge in [0.05, 0.1) is 12.2 Å². The first kappa shape index (κ1) is 21.8. The number of phenols is 2. The molecule has 4 aromatic rings. The second-order valence-electron chi connectivity index (χ2n) is 8.59. The lowest BCUT2D eigenvalue weighted by molar-refractivity contribution is -0.132. The van der Waals surface area contributed by atoms with E-state index in [-0.39, 0.29) is 40.4 Å². The van der Waals surface area contributed by atoms with E-state index in [4.69, 9.17) is 8.83 Å². The molecule has 2 aromatic heterocycles. The third-order valence-corrected chi connectivity index (χ3v) is 6.38. The molecule has 0 aliphatic carbocycles. The summed E-state index contributed by atoms with van der Waals surface area (Å²) >= 11 is 0. The fraction of sp³-hybridized carbons (Fsp3) is 0.259. The lowest BCUT2D eigenvalue weighted by atomic mass is 9.89. The van der Waals surface area contributed by atoms with E-state index >= 15 is 0 Å². The molecule has 1 aliphatic heterocycles. The van der Waals surface area contributed by atoms with Crippen LogP contribution in [0.2, 0.25) is 0 Å². The molecule has 0 saturated carbocycles. The Labute approximate surface area is 195 Å². The Morgan fingerprint density at radius 2 is 1.74 bits per heavy atom. The number of aromatic hydroxyl groups is 2. The Balaban J connectivity index is 1.69. The minimum atomic E-state index is -0.707. The number of piperidine rings is 1. The van der Waals surface area contributed by atoms with Gasteiger partial charge in [-0.3, -0.25) is 9.59 Å². The second kappa shape index (κ2) is 9.09. The van der Waals surface area contributed by atoms with Crippen molar-refractivity contribution in [2.24, 2.45) is 0 Å². The number of carbonyl (C=O) groups excluding carboxylic acids is 1. The zero-order valence-electron chi connectivity index (χ0n) is 18.6. The zero-order chi connectivity index (χ0) is 23.7. The van der Waals surface area contributed by atoms with E-state index in [9.17, 15) is 19.8 Å². The molecule has 2 aromatic carbocycles. The summed E-state index contributed by atoms with van der Waals surface area (Å²) < 4.78 is 11.8. The molecule has 174 valence electrons. The molecule has 7 nitrogen and oxygen atoms in total. The van der Waals surface area contributed by atoms with Crippen LogP contribution >= 0.6 is 0 Å². The average Bonchev–Trinajstić information content (AvgIpc) is 3.38. The summed E-state index contributed by atoms with van der Waals surface area (Å²) in [4.78, 5) is 28.1. The first-order chi connectivity index (χ1) is 16.5. The van der Waals surface area contributed by atoms with Crippen LogP contribution in [-0.4, -0.2) is 34.1 Å². The lowest BCUT2D eigenvalue weighted by Gasteiger charge is -2.28. The van der Waals surface area contributed by atoms with Gasteiger partial charge in [-0.15, -0.1) is 0 Å². The first-order valence-corrected chi connectivity index (χ1v) is 11.4. The van der Waals surface area contributed by atoms with E-state index in [1.54, 1.807) is 24.3 Å². The van der Waals surface area contributed by atoms with Crippen LogP contribution in [0.3, 0.4) is 0 Å². The van der Waals surface area contributed by atoms with Crippen molar-refractivity contribution in [3.8, 4) is 22.8 Å². The molecular formula is C27H25NO6. The minimum Gasteiger partial charge on any atom is -0.507 e. The van der Waals surface area contributed by atoms with Gasteiger partial charge in [0.15, 0.2) is 5.43 Å². The summed E-state index contributed by atoms with van der Waals surface area (Å²) in [6.45, 7) is 1.39. The van der Waals surface area contributed by atoms with E-state index < -0.39 is 11.3 Å². The molecule has 2 N–H and O–H groups in total. The maximum absolute atomic E-state index is 13.2. The fourth-order valence-corrected chi connectivity index (χ4v) is 4.68. The van der Waals surface area contributed by atoms with Crippen LogP contribution in [0.15, 0.2) is 74.5 Å². The van der Waals surface area contributed by atoms with Crippen molar-refractivity contribution < 1.29 is 23.8 Å². The third kappa shape index (κ3) is 4.05. The van der Waals surface area contributed by atoms with Crippen LogP contribution in [0, 0.1) is 0 Å². The standard InChI is InChI=1S/C27H25NO6/c29-19-15-20(30)26-21(31)16-23(17-8-3-1-4-9-17)34-27(26)25(19)18(22-10-7-13-33-22)14-24(32)28-11-5-2-6-12-28/h1,3-4,7-10,13,15-16,18,29-30H,2,5-6,11-12,14H2/t18-/m0/s1. The van der Waals surface area contributed by atoms with E-state index in [2.05, 4.69) is 0 Å². The van der Waals surface area contributed by atoms with Crippen LogP contribution in [-0.2, 0) is 4.79 Å². The van der Waals surface area contributed by atoms with Crippen molar-refractivity contribution in [3.63, 3.8) is 0 Å². The fourth-order valence-electron chi connectivity index (χ4n) is 4.68. The third-order valence-electron chi connectivity index (χ3n) is 6.38. The van der Waals surface area contributed by atoms with Crippen molar-refractivity contribution in [2.75, 3.05) is 13.1 Å². The number of amides is 1. The number of nitrogens with zero attached hydrogens (tertiary/aromatic N) is 1. The molecule has 1 amide bonds. The quantitative estimate of drug-likeness (QED) is 0.435. The number of hydrogen-bond acceptors (Lipinski definition) is 6. The number of likely N-dealkylation sites (tertiary alicyclic amines) is 1. The van der Waals surface area contributed by atoms with Gasteiger partial charge < -0.3 is 23.9 Å². The summed E-state index contributed by atoms with van der Waals surface area (Å²) in [7, 11) is 0. The highest BCUT2D eigenvalue weighted by molar-refractivity contribution is 5.91. The van der Waals surface area contributed by atoms with Gasteiger partial charge in [-0.2, -0.15) is 0 Å². The molecule has 7 heteroatoms. The van der Waals surface area contributed by atoms with Crippen molar-refractivity contribution in [3.05, 3.63) is 82.4 Å². The van der Waals surface area contributed by atoms with Crippen molar-refractivity contribution in [2.45, 2.75) is 31.6 Å². The summed E-state index contributed by atoms with van der Waals surface area (Å²) in [6, 6.07) is 15.0. The number of fused-ring (bicyclic) bond motifs is 1. The smallest absolute Gasteiger partial charge is 0.223 e. The van der Waals surface area contributed by atoms with Crippen LogP contribution in [0.5, 0.6) is 11.5 Å². The van der Waals surface area contributed by atoms with Gasteiger partial charge in [-0.05, 0) is 31.4 Å². The first-order valence-electron chi connectivity index (χ1n) is 11.4. The number of benzene rings is 2. The van der Waals surface area contributed by atoms with Gasteiger partial charge in [-0.1, -0.05) is 30.3 Å². The van der Waals surface area contributed by atoms with Crippen molar-refractivity contribution in [1.82, 2.24) is 4.90 Å². The molecular weight excluding hydrogens is 434 g/mol. The monoisotopic (exact) mass is 459 g/mol. The maximum Gasteiger partial charge on any atom is 0.223 e. The van der Waals surface area contributed by atoms with Crippen LogP contribution in [0.1, 0.15) is 42.9 Å². The van der Waals surface area contributed by atoms with Gasteiger partial charge in [-0.25, -0.2) is 0 Å². The zero-order valence-corrected chi connectivity index (χ0v) is 18.6. The average molecular weight is 459 g/mol. The Morgan fingerprint density at radius 1 is 0.971 bits per heavy atom. The molecule has 1 aliphatic rings. The summed E-state index contributed by atoms with van der Waals surface area (Å²) in [6.07, 6.45) is 4.54. The van der Waals surface area contributed by atoms with Gasteiger partial charge in [0, 0.05) is 42.8 Å². The van der Waals surface area contributed by atoms with E-state index in [1.807, 2.05) is 23.1 Å². The summed E-state index contributed by atoms with van der Waals surface area (Å²) in [5.41, 5.74) is 0.508. The number of phenolic OH excluding ortho intramolecular Hbond substituents is 2. The number of rotatable bonds is 5. The Bertz CT molecular complexity index is 1370. The van der Waals surface area contributed by atoms with E-state index in [1.165, 1.54) is 12.3 Å². The molecule has 1 fully saturated rings. The second-order valence-corrected chi connectivity index (χ2v) is 8.59. The summed E-state index contributed by atoms with van der Waals surface area (Å²) in [5.74, 6) is -0.674. The maximum atomic E-state index is 13.2. The highest BCUT2D eigenvalue weighted by atomic mass is 16.3. The molecule has 1 saturated heterocycles. The highest BCUT2D eigenvalue weighted by Gasteiger charge is 2.31. The van der Waals surface area contributed by atoms with Gasteiger partial charge in [0.1, 0.15) is 34.0 Å². The SMILES string of the molecule is O=C(C[C@@H](c1ccco1)c1c(O)cc(O)c2c(=O)cc(-c3ccccc3)oc12)N1CCCCC1. The molecule has 5 rings (SSSR count). The molecule has 1 atom stereocenters. The molecule has 0 bridgehead atoms. The van der Waals surface area contributed by atoms with Crippen LogP contribution in [0.25, 0.3) is 22.3 Å². The van der Waals surface area contributed by atoms with Crippen LogP contribution in [0.4, 0.5) is 0 Å². The van der Waals surface area contributed by atoms with E-state index in [0.717, 1.165) is 25.3 Å².